The summed E-state index contributed by atoms with van der Waals surface area (Å²) in [7, 11) is 0. The lowest BCUT2D eigenvalue weighted by Crippen LogP contribution is -2.30. The number of aryl methyl sites for hydroxylation is 1. The Labute approximate surface area is 235 Å². The average Bonchev–Trinajstić information content (AvgIpc) is 3.69. The molecule has 9 nitrogen and oxygen atoms in total. The predicted octanol–water partition coefficient (Wildman–Crippen LogP) is 5.47. The molecule has 0 aliphatic carbocycles. The van der Waals surface area contributed by atoms with Gasteiger partial charge in [-0.05, 0) is 35.4 Å². The van der Waals surface area contributed by atoms with E-state index in [9.17, 15) is 15.0 Å². The summed E-state index contributed by atoms with van der Waals surface area (Å²) in [5.41, 5.74) is 4.66. The lowest BCUT2D eigenvalue weighted by Gasteiger charge is -2.22. The molecule has 0 spiro atoms. The third kappa shape index (κ3) is 4.10. The van der Waals surface area contributed by atoms with E-state index in [0.29, 0.717) is 12.1 Å². The van der Waals surface area contributed by atoms with Crippen LogP contribution in [-0.2, 0) is 11.3 Å². The van der Waals surface area contributed by atoms with Crippen molar-refractivity contribution in [3.05, 3.63) is 114 Å². The Kier molecular flexibility index (Phi) is 5.78. The van der Waals surface area contributed by atoms with Crippen LogP contribution in [0.2, 0.25) is 0 Å². The number of aromatic nitrogens is 4. The van der Waals surface area contributed by atoms with E-state index in [4.69, 9.17) is 5.10 Å². The monoisotopic (exact) mass is 542 g/mol. The lowest BCUT2D eigenvalue weighted by atomic mass is 9.95. The number of aromatic hydroxyl groups is 2. The van der Waals surface area contributed by atoms with Crippen LogP contribution < -0.4 is 0 Å². The highest BCUT2D eigenvalue weighted by Crippen LogP contribution is 2.38. The molecule has 4 aromatic carbocycles. The number of carbonyl (C=O) groups excluding carboxylic acids is 1. The van der Waals surface area contributed by atoms with Gasteiger partial charge in [-0.1, -0.05) is 95.7 Å². The largest absolute Gasteiger partial charge is 0.493 e. The van der Waals surface area contributed by atoms with Gasteiger partial charge in [0.05, 0.1) is 17.4 Å². The first kappa shape index (κ1) is 24.6. The Bertz CT molecular complexity index is 1950. The van der Waals surface area contributed by atoms with E-state index in [2.05, 4.69) is 28.5 Å². The molecule has 1 amide bonds. The Hall–Kier alpha value is -5.44. The molecule has 6 aromatic rings. The van der Waals surface area contributed by atoms with Gasteiger partial charge in [-0.25, -0.2) is 14.3 Å². The summed E-state index contributed by atoms with van der Waals surface area (Å²) in [6, 6.07) is 31.1. The van der Waals surface area contributed by atoms with Gasteiger partial charge in [-0.3, -0.25) is 4.79 Å². The van der Waals surface area contributed by atoms with E-state index >= 15 is 0 Å². The topological polar surface area (TPSA) is 109 Å². The number of carbonyl (C=O) groups is 1. The molecule has 0 fully saturated rings. The number of fused-ring (bicyclic) bond motifs is 2. The third-order valence-corrected chi connectivity index (χ3v) is 7.61. The molecule has 2 aromatic heterocycles. The maximum atomic E-state index is 13.9. The molecule has 1 aliphatic rings. The van der Waals surface area contributed by atoms with Gasteiger partial charge in [0.1, 0.15) is 6.54 Å². The lowest BCUT2D eigenvalue weighted by molar-refractivity contribution is -0.133. The van der Waals surface area contributed by atoms with Gasteiger partial charge in [0, 0.05) is 12.0 Å². The number of hydrogen-bond acceptors (Lipinski definition) is 6. The van der Waals surface area contributed by atoms with Crippen molar-refractivity contribution in [2.45, 2.75) is 25.9 Å². The second-order valence-corrected chi connectivity index (χ2v) is 10.2. The molecule has 0 radical (unpaired) electrons. The molecule has 9 heteroatoms. The van der Waals surface area contributed by atoms with Crippen molar-refractivity contribution in [1.82, 2.24) is 24.6 Å². The highest BCUT2D eigenvalue weighted by atomic mass is 16.3. The minimum Gasteiger partial charge on any atom is -0.493 e. The van der Waals surface area contributed by atoms with Crippen LogP contribution in [0.1, 0.15) is 29.2 Å². The summed E-state index contributed by atoms with van der Waals surface area (Å²) in [5, 5.41) is 38.7. The Morgan fingerprint density at radius 3 is 2.41 bits per heavy atom. The first-order valence-electron chi connectivity index (χ1n) is 13.3. The summed E-state index contributed by atoms with van der Waals surface area (Å²) in [4.78, 5) is 13.9. The molecule has 1 unspecified atom stereocenters. The van der Waals surface area contributed by atoms with Crippen molar-refractivity contribution in [1.29, 1.82) is 0 Å². The smallest absolute Gasteiger partial charge is 0.265 e. The molecule has 2 N–H and O–H groups in total. The fourth-order valence-corrected chi connectivity index (χ4v) is 5.56. The van der Waals surface area contributed by atoms with Gasteiger partial charge in [-0.2, -0.15) is 5.10 Å². The van der Waals surface area contributed by atoms with Crippen LogP contribution in [-0.4, -0.2) is 46.4 Å². The maximum Gasteiger partial charge on any atom is 0.265 e. The summed E-state index contributed by atoms with van der Waals surface area (Å²) in [6.45, 7) is 1.73. The van der Waals surface area contributed by atoms with E-state index in [0.717, 1.165) is 33.2 Å². The second-order valence-electron chi connectivity index (χ2n) is 10.2. The average molecular weight is 543 g/mol. The van der Waals surface area contributed by atoms with Gasteiger partial charge < -0.3 is 10.2 Å². The van der Waals surface area contributed by atoms with Gasteiger partial charge in [0.25, 0.3) is 5.91 Å². The van der Waals surface area contributed by atoms with Crippen molar-refractivity contribution in [2.75, 3.05) is 0 Å². The first-order valence-corrected chi connectivity index (χ1v) is 13.3. The molecule has 3 heterocycles. The maximum absolute atomic E-state index is 13.9. The molecule has 202 valence electrons. The van der Waals surface area contributed by atoms with Crippen LogP contribution in [0.15, 0.2) is 102 Å². The molecule has 0 saturated carbocycles. The van der Waals surface area contributed by atoms with Gasteiger partial charge >= 0.3 is 0 Å². The number of benzene rings is 4. The normalized spacial score (nSPS) is 15.1. The zero-order chi connectivity index (χ0) is 28.1. The Morgan fingerprint density at radius 2 is 1.61 bits per heavy atom. The Morgan fingerprint density at radius 1 is 0.878 bits per heavy atom. The van der Waals surface area contributed by atoms with Crippen molar-refractivity contribution in [3.63, 3.8) is 0 Å². The van der Waals surface area contributed by atoms with E-state index < -0.39 is 0 Å². The number of amides is 1. The van der Waals surface area contributed by atoms with Crippen LogP contribution in [0.25, 0.3) is 27.5 Å². The second kappa shape index (κ2) is 9.63. The standard InChI is InChI=1S/C32H26N6O3/c1-20-14-16-23(17-15-20)37-31(40)29-30(32(37)41)36(35-33-29)19-28(39)38-27(22-9-3-2-4-10-22)18-26(34-38)25-13-7-11-21-8-5-6-12-24(21)25/h2-17,27,40-41H,18-19H2,1H3. The highest BCUT2D eigenvalue weighted by molar-refractivity contribution is 6.12. The van der Waals surface area contributed by atoms with Gasteiger partial charge in [0.2, 0.25) is 11.8 Å². The van der Waals surface area contributed by atoms with E-state index in [1.807, 2.05) is 73.7 Å². The van der Waals surface area contributed by atoms with Crippen molar-refractivity contribution >= 4 is 33.4 Å². The first-order chi connectivity index (χ1) is 20.0. The minimum atomic E-state index is -0.317. The van der Waals surface area contributed by atoms with Crippen molar-refractivity contribution in [2.24, 2.45) is 5.10 Å². The summed E-state index contributed by atoms with van der Waals surface area (Å²) >= 11 is 0. The highest BCUT2D eigenvalue weighted by Gasteiger charge is 2.34. The fourth-order valence-electron chi connectivity index (χ4n) is 5.56. The molecule has 7 rings (SSSR count). The van der Waals surface area contributed by atoms with Gasteiger partial charge in [-0.15, -0.1) is 5.10 Å². The predicted molar refractivity (Wildman–Crippen MR) is 156 cm³/mol. The van der Waals surface area contributed by atoms with E-state index in [-0.39, 0.29) is 41.3 Å². The number of hydrazone groups is 1. The fraction of sp³-hybridized carbons (Fsp3) is 0.125. The molecule has 0 saturated heterocycles. The third-order valence-electron chi connectivity index (χ3n) is 7.61. The number of rotatable bonds is 5. The molecular weight excluding hydrogens is 516 g/mol. The van der Waals surface area contributed by atoms with Crippen LogP contribution in [0, 0.1) is 6.92 Å². The van der Waals surface area contributed by atoms with E-state index in [1.54, 1.807) is 12.1 Å². The van der Waals surface area contributed by atoms with E-state index in [1.165, 1.54) is 14.3 Å². The quantitative estimate of drug-likeness (QED) is 0.300. The number of nitrogens with zero attached hydrogens (tertiary/aromatic N) is 6. The zero-order valence-corrected chi connectivity index (χ0v) is 22.2. The Balaban J connectivity index is 1.27. The SMILES string of the molecule is Cc1ccc(-n2c(O)c3nnn(CC(=O)N4N=C(c5cccc6ccccc56)CC4c4ccccc4)c3c2O)cc1. The summed E-state index contributed by atoms with van der Waals surface area (Å²) < 4.78 is 2.60. The molecular formula is C32H26N6O3. The molecule has 1 aliphatic heterocycles. The minimum absolute atomic E-state index is 0.108. The van der Waals surface area contributed by atoms with Crippen LogP contribution in [0.5, 0.6) is 11.8 Å². The molecule has 0 bridgehead atoms. The number of hydrogen-bond donors (Lipinski definition) is 2. The van der Waals surface area contributed by atoms with Crippen LogP contribution in [0.4, 0.5) is 0 Å². The van der Waals surface area contributed by atoms with Crippen molar-refractivity contribution < 1.29 is 15.0 Å². The summed E-state index contributed by atoms with van der Waals surface area (Å²) in [6.07, 6.45) is 0.548. The molecule has 1 atom stereocenters. The molecule has 41 heavy (non-hydrogen) atoms. The van der Waals surface area contributed by atoms with Gasteiger partial charge in [0.15, 0.2) is 11.0 Å². The van der Waals surface area contributed by atoms with Crippen LogP contribution >= 0.6 is 0 Å². The van der Waals surface area contributed by atoms with Crippen molar-refractivity contribution in [3.8, 4) is 17.4 Å². The zero-order valence-electron chi connectivity index (χ0n) is 22.2. The summed E-state index contributed by atoms with van der Waals surface area (Å²) in [5.74, 6) is -0.817. The van der Waals surface area contributed by atoms with Crippen LogP contribution in [0.3, 0.4) is 0 Å².